The summed E-state index contributed by atoms with van der Waals surface area (Å²) >= 11 is 3.11. The number of carbonyl (C=O) groups excluding carboxylic acids is 1. The summed E-state index contributed by atoms with van der Waals surface area (Å²) in [4.78, 5) is 41.1. The fourth-order valence-electron chi connectivity index (χ4n) is 4.75. The molecule has 1 unspecified atom stereocenters. The molecule has 0 radical (unpaired) electrons. The summed E-state index contributed by atoms with van der Waals surface area (Å²) in [6.45, 7) is 1.06. The first-order chi connectivity index (χ1) is 21.7. The minimum absolute atomic E-state index is 0.0123. The van der Waals surface area contributed by atoms with Gasteiger partial charge in [0.05, 0.1) is 18.3 Å². The third-order valence-electron chi connectivity index (χ3n) is 7.06. The molecule has 0 amide bonds. The van der Waals surface area contributed by atoms with Crippen LogP contribution in [0.5, 0.6) is 5.75 Å². The van der Waals surface area contributed by atoms with Crippen LogP contribution in [-0.2, 0) is 30.0 Å². The summed E-state index contributed by atoms with van der Waals surface area (Å²) in [5.74, 6) is -0.445. The van der Waals surface area contributed by atoms with Gasteiger partial charge < -0.3 is 19.1 Å². The van der Waals surface area contributed by atoms with E-state index in [1.54, 1.807) is 24.3 Å². The molecule has 236 valence electrons. The van der Waals surface area contributed by atoms with Gasteiger partial charge >= 0.3 is 19.4 Å². The van der Waals surface area contributed by atoms with Gasteiger partial charge in [-0.25, -0.2) is 9.36 Å². The number of aromatic nitrogens is 2. The van der Waals surface area contributed by atoms with Gasteiger partial charge in [-0.05, 0) is 35.0 Å². The molecule has 5 rings (SSSR count). The maximum atomic E-state index is 14.2. The SMILES string of the molecule is C[C@H](NP(=O)(OC[C@H]1O[C@@H](n2cc(/C=C/Br)c(=O)[nH]c2=O)C[C@@H]1O)Oc1cccc2ccccc12)C(=O)OCc1ccccc1. The average Bonchev–Trinajstić information content (AvgIpc) is 3.40. The van der Waals surface area contributed by atoms with Gasteiger partial charge in [0.15, 0.2) is 0 Å². The lowest BCUT2D eigenvalue weighted by molar-refractivity contribution is -0.146. The minimum atomic E-state index is -4.33. The first-order valence-electron chi connectivity index (χ1n) is 14.0. The number of rotatable bonds is 12. The van der Waals surface area contributed by atoms with E-state index >= 15 is 0 Å². The Labute approximate surface area is 266 Å². The largest absolute Gasteiger partial charge is 0.460 e. The van der Waals surface area contributed by atoms with Crippen molar-refractivity contribution < 1.29 is 33.0 Å². The molecule has 12 nitrogen and oxygen atoms in total. The number of aliphatic hydroxyl groups is 1. The van der Waals surface area contributed by atoms with E-state index in [0.29, 0.717) is 5.39 Å². The molecule has 1 aliphatic heterocycles. The Balaban J connectivity index is 1.33. The lowest BCUT2D eigenvalue weighted by Gasteiger charge is -2.25. The van der Waals surface area contributed by atoms with Gasteiger partial charge in [-0.2, -0.15) is 5.09 Å². The summed E-state index contributed by atoms with van der Waals surface area (Å²) in [5.41, 5.74) is -0.336. The van der Waals surface area contributed by atoms with Crippen LogP contribution < -0.4 is 20.9 Å². The van der Waals surface area contributed by atoms with Crippen LogP contribution >= 0.6 is 23.7 Å². The number of aromatic amines is 1. The normalized spacial score (nSPS) is 20.2. The summed E-state index contributed by atoms with van der Waals surface area (Å²) in [6.07, 6.45) is -0.336. The van der Waals surface area contributed by atoms with Gasteiger partial charge in [0.25, 0.3) is 5.56 Å². The van der Waals surface area contributed by atoms with E-state index in [1.165, 1.54) is 24.2 Å². The van der Waals surface area contributed by atoms with Crippen molar-refractivity contribution in [1.82, 2.24) is 14.6 Å². The van der Waals surface area contributed by atoms with Gasteiger partial charge in [-0.15, -0.1) is 0 Å². The van der Waals surface area contributed by atoms with Gasteiger partial charge in [0, 0.05) is 18.0 Å². The van der Waals surface area contributed by atoms with Gasteiger partial charge in [-0.1, -0.05) is 82.7 Å². The van der Waals surface area contributed by atoms with E-state index in [9.17, 15) is 24.1 Å². The van der Waals surface area contributed by atoms with Crippen LogP contribution in [-0.4, -0.2) is 45.5 Å². The number of nitrogens with one attached hydrogen (secondary N) is 2. The molecule has 3 N–H and O–H groups in total. The highest BCUT2D eigenvalue weighted by molar-refractivity contribution is 9.11. The van der Waals surface area contributed by atoms with Crippen molar-refractivity contribution >= 4 is 46.5 Å². The van der Waals surface area contributed by atoms with Crippen LogP contribution in [0, 0.1) is 0 Å². The Bertz CT molecular complexity index is 1840. The third-order valence-corrected chi connectivity index (χ3v) is 8.95. The monoisotopic (exact) mass is 699 g/mol. The van der Waals surface area contributed by atoms with Crippen LogP contribution in [0.2, 0.25) is 0 Å². The fourth-order valence-corrected chi connectivity index (χ4v) is 6.55. The highest BCUT2D eigenvalue weighted by Crippen LogP contribution is 2.47. The van der Waals surface area contributed by atoms with E-state index in [2.05, 4.69) is 26.0 Å². The summed E-state index contributed by atoms with van der Waals surface area (Å²) in [6, 6.07) is 20.5. The minimum Gasteiger partial charge on any atom is -0.460 e. The Morgan fingerprint density at radius 2 is 1.89 bits per heavy atom. The molecule has 1 aliphatic rings. The van der Waals surface area contributed by atoms with Gasteiger partial charge in [-0.3, -0.25) is 23.7 Å². The number of H-pyrrole nitrogens is 1. The molecule has 0 saturated carbocycles. The maximum absolute atomic E-state index is 14.2. The second-order valence-electron chi connectivity index (χ2n) is 10.3. The number of halogens is 1. The van der Waals surface area contributed by atoms with Gasteiger partial charge in [0.2, 0.25) is 0 Å². The molecule has 4 aromatic rings. The molecule has 2 heterocycles. The van der Waals surface area contributed by atoms with Crippen molar-refractivity contribution in [2.75, 3.05) is 6.61 Å². The van der Waals surface area contributed by atoms with E-state index in [4.69, 9.17) is 18.5 Å². The third kappa shape index (κ3) is 8.06. The zero-order valence-electron chi connectivity index (χ0n) is 24.1. The van der Waals surface area contributed by atoms with Crippen molar-refractivity contribution in [3.05, 3.63) is 116 Å². The van der Waals surface area contributed by atoms with Crippen LogP contribution in [0.25, 0.3) is 16.8 Å². The zero-order chi connectivity index (χ0) is 32.0. The Morgan fingerprint density at radius 3 is 2.67 bits per heavy atom. The van der Waals surface area contributed by atoms with Crippen molar-refractivity contribution in [3.63, 3.8) is 0 Å². The second-order valence-corrected chi connectivity index (χ2v) is 12.5. The number of nitrogens with zero attached hydrogens (tertiary/aromatic N) is 1. The number of aliphatic hydroxyl groups excluding tert-OH is 1. The van der Waals surface area contributed by atoms with E-state index in [1.807, 2.05) is 48.5 Å². The molecule has 45 heavy (non-hydrogen) atoms. The van der Waals surface area contributed by atoms with Crippen molar-refractivity contribution in [2.24, 2.45) is 0 Å². The summed E-state index contributed by atoms with van der Waals surface area (Å²) in [5, 5.41) is 14.9. The number of esters is 1. The number of hydrogen-bond donors (Lipinski definition) is 3. The van der Waals surface area contributed by atoms with Crippen LogP contribution in [0.1, 0.15) is 30.7 Å². The summed E-state index contributed by atoms with van der Waals surface area (Å²) in [7, 11) is -4.33. The molecule has 0 aliphatic carbocycles. The van der Waals surface area contributed by atoms with Crippen LogP contribution in [0.4, 0.5) is 0 Å². The molecule has 0 bridgehead atoms. The van der Waals surface area contributed by atoms with Crippen molar-refractivity contribution in [1.29, 1.82) is 0 Å². The lowest BCUT2D eigenvalue weighted by atomic mass is 10.1. The van der Waals surface area contributed by atoms with Gasteiger partial charge in [0.1, 0.15) is 30.7 Å². The second kappa shape index (κ2) is 14.5. The molecule has 3 aromatic carbocycles. The first-order valence-corrected chi connectivity index (χ1v) is 16.5. The van der Waals surface area contributed by atoms with Crippen molar-refractivity contribution in [3.8, 4) is 5.75 Å². The van der Waals surface area contributed by atoms with E-state index in [-0.39, 0.29) is 24.3 Å². The molecular weight excluding hydrogens is 669 g/mol. The van der Waals surface area contributed by atoms with Crippen molar-refractivity contribution in [2.45, 2.75) is 44.4 Å². The highest BCUT2D eigenvalue weighted by atomic mass is 79.9. The quantitative estimate of drug-likeness (QED) is 0.141. The smallest absolute Gasteiger partial charge is 0.459 e. The van der Waals surface area contributed by atoms with Crippen LogP contribution in [0.15, 0.2) is 93.6 Å². The van der Waals surface area contributed by atoms with E-state index in [0.717, 1.165) is 15.5 Å². The average molecular weight is 700 g/mol. The highest BCUT2D eigenvalue weighted by Gasteiger charge is 2.40. The number of ether oxygens (including phenoxy) is 2. The molecule has 1 saturated heterocycles. The van der Waals surface area contributed by atoms with Crippen LogP contribution in [0.3, 0.4) is 0 Å². The molecular formula is C31H31BrN3O9P. The Hall–Kier alpha value is -3.84. The standard InChI is InChI=1S/C31H31BrN3O9P/c1-20(30(38)41-18-21-8-3-2-4-9-21)34-45(40,44-26-13-7-11-22-10-5-6-12-24(22)26)42-19-27-25(36)16-28(43-27)35-17-23(14-15-32)29(37)33-31(35)39/h2-15,17,20,25,27-28,36H,16,18-19H2,1H3,(H,34,40)(H,33,37,39)/b15-14+/t20-,25-,27+,28+,45?/m0/s1. The van der Waals surface area contributed by atoms with E-state index < -0.39 is 56.0 Å². The first kappa shape index (κ1) is 32.6. The number of hydrogen-bond acceptors (Lipinski definition) is 9. The summed E-state index contributed by atoms with van der Waals surface area (Å²) < 4.78 is 38.4. The molecule has 14 heteroatoms. The predicted octanol–water partition coefficient (Wildman–Crippen LogP) is 4.63. The topological polar surface area (TPSA) is 158 Å². The number of fused-ring (bicyclic) bond motifs is 1. The molecule has 5 atom stereocenters. The predicted molar refractivity (Wildman–Crippen MR) is 171 cm³/mol. The fraction of sp³-hybridized carbons (Fsp3) is 0.258. The Morgan fingerprint density at radius 1 is 1.16 bits per heavy atom. The Kier molecular flexibility index (Phi) is 10.5. The molecule has 1 fully saturated rings. The molecule has 1 aromatic heterocycles. The zero-order valence-corrected chi connectivity index (χ0v) is 26.6. The lowest BCUT2D eigenvalue weighted by Crippen LogP contribution is -2.36. The number of carbonyl (C=O) groups is 1. The number of benzene rings is 3. The maximum Gasteiger partial charge on any atom is 0.459 e. The molecule has 0 spiro atoms.